The molecule has 1 rings (SSSR count). The molecule has 0 unspecified atom stereocenters. The first-order valence-corrected chi connectivity index (χ1v) is 5.09. The summed E-state index contributed by atoms with van der Waals surface area (Å²) in [6.45, 7) is 0. The van der Waals surface area contributed by atoms with Gasteiger partial charge < -0.3 is 5.32 Å². The van der Waals surface area contributed by atoms with Gasteiger partial charge in [-0.15, -0.1) is 0 Å². The van der Waals surface area contributed by atoms with Crippen LogP contribution in [0.4, 0.5) is 5.82 Å². The number of allylic oxidation sites excluding steroid dienone is 2. The number of carbonyl (C=O) groups is 1. The molecular weight excluding hydrogens is 281 g/mol. The standard InChI is InChI=1S/C9H7BrClN3O/c10-8(12)4-6(5-15)14-9-7(11)2-1-3-13-9/h1-5,12H,(H,13,14)/b6-4-,12-8?. The lowest BCUT2D eigenvalue weighted by atomic mass is 10.4. The van der Waals surface area contributed by atoms with Crippen molar-refractivity contribution in [2.24, 2.45) is 0 Å². The lowest BCUT2D eigenvalue weighted by Crippen LogP contribution is -2.04. The first-order chi connectivity index (χ1) is 7.13. The van der Waals surface area contributed by atoms with Gasteiger partial charge in [0.15, 0.2) is 6.29 Å². The van der Waals surface area contributed by atoms with E-state index in [4.69, 9.17) is 17.0 Å². The van der Waals surface area contributed by atoms with Crippen molar-refractivity contribution >= 4 is 44.3 Å². The molecular formula is C9H7BrClN3O. The molecule has 0 atom stereocenters. The van der Waals surface area contributed by atoms with E-state index >= 15 is 0 Å². The van der Waals surface area contributed by atoms with Crippen LogP contribution >= 0.6 is 27.5 Å². The number of aromatic nitrogens is 1. The van der Waals surface area contributed by atoms with Crippen LogP contribution in [0.2, 0.25) is 5.02 Å². The van der Waals surface area contributed by atoms with Gasteiger partial charge in [-0.05, 0) is 34.1 Å². The van der Waals surface area contributed by atoms with Crippen molar-refractivity contribution in [1.82, 2.24) is 4.98 Å². The molecule has 1 aromatic heterocycles. The third-order valence-corrected chi connectivity index (χ3v) is 1.96. The summed E-state index contributed by atoms with van der Waals surface area (Å²) >= 11 is 8.73. The Morgan fingerprint density at radius 3 is 2.93 bits per heavy atom. The second-order valence-electron chi connectivity index (χ2n) is 2.52. The van der Waals surface area contributed by atoms with E-state index in [1.54, 1.807) is 18.3 Å². The Hall–Kier alpha value is -1.20. The Morgan fingerprint density at radius 1 is 1.67 bits per heavy atom. The van der Waals surface area contributed by atoms with Crippen molar-refractivity contribution in [3.63, 3.8) is 0 Å². The molecule has 0 bridgehead atoms. The predicted octanol–water partition coefficient (Wildman–Crippen LogP) is 2.60. The number of nitrogens with zero attached hydrogens (tertiary/aromatic N) is 1. The molecule has 0 aliphatic carbocycles. The minimum absolute atomic E-state index is 0.0872. The molecule has 2 N–H and O–H groups in total. The minimum Gasteiger partial charge on any atom is -0.336 e. The van der Waals surface area contributed by atoms with Crippen LogP contribution in [-0.2, 0) is 4.79 Å². The molecule has 0 saturated carbocycles. The van der Waals surface area contributed by atoms with Crippen LogP contribution in [0.3, 0.4) is 0 Å². The van der Waals surface area contributed by atoms with Gasteiger partial charge in [0, 0.05) is 6.20 Å². The molecule has 0 aromatic carbocycles. The quantitative estimate of drug-likeness (QED) is 0.508. The summed E-state index contributed by atoms with van der Waals surface area (Å²) in [5, 5.41) is 10.3. The van der Waals surface area contributed by atoms with E-state index in [2.05, 4.69) is 26.2 Å². The maximum atomic E-state index is 10.6. The van der Waals surface area contributed by atoms with Gasteiger partial charge in [-0.2, -0.15) is 0 Å². The highest BCUT2D eigenvalue weighted by atomic mass is 79.9. The molecule has 0 saturated heterocycles. The zero-order valence-electron chi connectivity index (χ0n) is 7.50. The maximum Gasteiger partial charge on any atom is 0.166 e. The summed E-state index contributed by atoms with van der Waals surface area (Å²) in [4.78, 5) is 14.6. The van der Waals surface area contributed by atoms with Crippen LogP contribution in [0.1, 0.15) is 0 Å². The Labute approximate surface area is 100.0 Å². The van der Waals surface area contributed by atoms with Crippen molar-refractivity contribution < 1.29 is 4.79 Å². The first-order valence-electron chi connectivity index (χ1n) is 3.92. The van der Waals surface area contributed by atoms with E-state index < -0.39 is 0 Å². The average Bonchev–Trinajstić information content (AvgIpc) is 2.19. The molecule has 78 valence electrons. The smallest absolute Gasteiger partial charge is 0.166 e. The third-order valence-electron chi connectivity index (χ3n) is 1.43. The zero-order chi connectivity index (χ0) is 11.3. The second kappa shape index (κ2) is 5.63. The number of pyridine rings is 1. The largest absolute Gasteiger partial charge is 0.336 e. The lowest BCUT2D eigenvalue weighted by molar-refractivity contribution is -0.104. The number of rotatable bonds is 4. The van der Waals surface area contributed by atoms with Crippen molar-refractivity contribution in [2.45, 2.75) is 0 Å². The van der Waals surface area contributed by atoms with E-state index in [1.165, 1.54) is 6.08 Å². The summed E-state index contributed by atoms with van der Waals surface area (Å²) in [5.41, 5.74) is 0.206. The summed E-state index contributed by atoms with van der Waals surface area (Å²) in [7, 11) is 0. The van der Waals surface area contributed by atoms with Crippen LogP contribution in [0.15, 0.2) is 30.1 Å². The number of halogens is 2. The highest BCUT2D eigenvalue weighted by Gasteiger charge is 2.02. The number of nitrogens with one attached hydrogen (secondary N) is 2. The van der Waals surface area contributed by atoms with Crippen molar-refractivity contribution in [2.75, 3.05) is 5.32 Å². The van der Waals surface area contributed by atoms with E-state index in [1.807, 2.05) is 0 Å². The molecule has 0 fully saturated rings. The summed E-state index contributed by atoms with van der Waals surface area (Å²) in [5.74, 6) is 0.381. The monoisotopic (exact) mass is 287 g/mol. The van der Waals surface area contributed by atoms with E-state index in [0.29, 0.717) is 17.1 Å². The topological polar surface area (TPSA) is 65.8 Å². The fourth-order valence-corrected chi connectivity index (χ4v) is 1.27. The SMILES string of the molecule is N=C(Br)/C=C(/C=O)Nc1ncccc1Cl. The molecule has 1 heterocycles. The van der Waals surface area contributed by atoms with E-state index in [0.717, 1.165) is 0 Å². The summed E-state index contributed by atoms with van der Waals surface area (Å²) in [6, 6.07) is 3.34. The van der Waals surface area contributed by atoms with Gasteiger partial charge in [0.2, 0.25) is 0 Å². The van der Waals surface area contributed by atoms with Crippen LogP contribution in [-0.4, -0.2) is 15.9 Å². The van der Waals surface area contributed by atoms with Gasteiger partial charge in [0.1, 0.15) is 5.82 Å². The fraction of sp³-hybridized carbons (Fsp3) is 0. The summed E-state index contributed by atoms with van der Waals surface area (Å²) in [6.07, 6.45) is 3.45. The Morgan fingerprint density at radius 2 is 2.40 bits per heavy atom. The number of carbonyl (C=O) groups excluding carboxylic acids is 1. The van der Waals surface area contributed by atoms with E-state index in [9.17, 15) is 4.79 Å². The highest BCUT2D eigenvalue weighted by molar-refractivity contribution is 9.18. The van der Waals surface area contributed by atoms with Gasteiger partial charge in [0.25, 0.3) is 0 Å². The Bertz CT molecular complexity index is 420. The highest BCUT2D eigenvalue weighted by Crippen LogP contribution is 2.18. The number of hydrogen-bond acceptors (Lipinski definition) is 4. The number of anilines is 1. The third kappa shape index (κ3) is 3.81. The number of aldehydes is 1. The zero-order valence-corrected chi connectivity index (χ0v) is 9.84. The predicted molar refractivity (Wildman–Crippen MR) is 63.7 cm³/mol. The van der Waals surface area contributed by atoms with Gasteiger partial charge in [-0.1, -0.05) is 11.6 Å². The maximum absolute atomic E-state index is 10.6. The van der Waals surface area contributed by atoms with Gasteiger partial charge >= 0.3 is 0 Å². The normalized spacial score (nSPS) is 10.9. The van der Waals surface area contributed by atoms with Crippen LogP contribution in [0, 0.1) is 5.41 Å². The molecule has 0 radical (unpaired) electrons. The second-order valence-corrected chi connectivity index (χ2v) is 3.79. The molecule has 0 amide bonds. The van der Waals surface area contributed by atoms with Gasteiger partial charge in [-0.3, -0.25) is 10.2 Å². The molecule has 15 heavy (non-hydrogen) atoms. The molecule has 0 aliphatic heterocycles. The molecule has 6 heteroatoms. The average molecular weight is 289 g/mol. The Kier molecular flexibility index (Phi) is 4.45. The van der Waals surface area contributed by atoms with Crippen molar-refractivity contribution in [3.05, 3.63) is 35.1 Å². The van der Waals surface area contributed by atoms with Crippen molar-refractivity contribution in [1.29, 1.82) is 5.41 Å². The molecule has 4 nitrogen and oxygen atoms in total. The minimum atomic E-state index is 0.0872. The van der Waals surface area contributed by atoms with Crippen LogP contribution in [0.5, 0.6) is 0 Å². The lowest BCUT2D eigenvalue weighted by Gasteiger charge is -2.05. The van der Waals surface area contributed by atoms with E-state index in [-0.39, 0.29) is 10.3 Å². The van der Waals surface area contributed by atoms with Crippen LogP contribution in [0.25, 0.3) is 0 Å². The van der Waals surface area contributed by atoms with Gasteiger partial charge in [-0.25, -0.2) is 4.98 Å². The first kappa shape index (κ1) is 11.9. The number of hydrogen-bond donors (Lipinski definition) is 2. The Balaban J connectivity index is 2.89. The van der Waals surface area contributed by atoms with Crippen molar-refractivity contribution in [3.8, 4) is 0 Å². The molecule has 0 aliphatic rings. The summed E-state index contributed by atoms with van der Waals surface area (Å²) < 4.78 is 0.0872. The molecule has 1 aromatic rings. The molecule has 0 spiro atoms. The van der Waals surface area contributed by atoms with Crippen LogP contribution < -0.4 is 5.32 Å². The fourth-order valence-electron chi connectivity index (χ4n) is 0.850. The van der Waals surface area contributed by atoms with Gasteiger partial charge in [0.05, 0.1) is 15.3 Å².